The van der Waals surface area contributed by atoms with Crippen LogP contribution in [0.1, 0.15) is 11.6 Å². The summed E-state index contributed by atoms with van der Waals surface area (Å²) in [6.07, 6.45) is 2.76. The van der Waals surface area contributed by atoms with Crippen LogP contribution in [0.2, 0.25) is 0 Å². The normalized spacial score (nSPS) is 10.8. The molecule has 0 saturated carbocycles. The molecular weight excluding hydrogens is 312 g/mol. The first kappa shape index (κ1) is 15.7. The highest BCUT2D eigenvalue weighted by molar-refractivity contribution is 7.99. The molecule has 2 rings (SSSR count). The second-order valence-corrected chi connectivity index (χ2v) is 6.10. The number of rotatable bonds is 7. The maximum Gasteiger partial charge on any atom is 0.236 e. The highest BCUT2D eigenvalue weighted by Crippen LogP contribution is 2.16. The molecule has 0 aliphatic heterocycles. The molecule has 2 aromatic rings. The van der Waals surface area contributed by atoms with Crippen LogP contribution < -0.4 is 11.2 Å². The first-order valence-corrected chi connectivity index (χ1v) is 8.52. The molecule has 114 valence electrons. The van der Waals surface area contributed by atoms with Crippen molar-refractivity contribution in [2.24, 2.45) is 0 Å². The Morgan fingerprint density at radius 1 is 1.52 bits per heavy atom. The summed E-state index contributed by atoms with van der Waals surface area (Å²) in [6, 6.07) is 1.65. The zero-order valence-electron chi connectivity index (χ0n) is 11.7. The zero-order valence-corrected chi connectivity index (χ0v) is 13.3. The molecule has 10 heteroatoms. The van der Waals surface area contributed by atoms with Crippen molar-refractivity contribution in [2.45, 2.75) is 18.5 Å². The highest BCUT2D eigenvalue weighted by Gasteiger charge is 2.13. The van der Waals surface area contributed by atoms with E-state index in [0.29, 0.717) is 22.6 Å². The minimum atomic E-state index is -0.207. The van der Waals surface area contributed by atoms with Gasteiger partial charge in [-0.2, -0.15) is 11.8 Å². The van der Waals surface area contributed by atoms with E-state index in [0.717, 1.165) is 12.2 Å². The van der Waals surface area contributed by atoms with Gasteiger partial charge in [-0.25, -0.2) is 4.68 Å². The van der Waals surface area contributed by atoms with Gasteiger partial charge in [0.2, 0.25) is 11.1 Å². The van der Waals surface area contributed by atoms with Gasteiger partial charge >= 0.3 is 0 Å². The Kier molecular flexibility index (Phi) is 5.51. The standard InChI is InChI=1S/C11H16N6O2S2/c1-7-5-8(16-19-7)13-10(18)6-21-11-15-14-9(17(11)12)3-4-20-2/h5H,3-4,6,12H2,1-2H3,(H,13,16,18). The average molecular weight is 328 g/mol. The lowest BCUT2D eigenvalue weighted by Crippen LogP contribution is -2.17. The number of nitrogens with one attached hydrogen (secondary N) is 1. The summed E-state index contributed by atoms with van der Waals surface area (Å²) in [4.78, 5) is 11.8. The van der Waals surface area contributed by atoms with E-state index < -0.39 is 0 Å². The fourth-order valence-electron chi connectivity index (χ4n) is 1.50. The number of thioether (sulfide) groups is 2. The Morgan fingerprint density at radius 3 is 3.00 bits per heavy atom. The van der Waals surface area contributed by atoms with Gasteiger partial charge < -0.3 is 15.7 Å². The molecule has 0 aromatic carbocycles. The molecule has 1 amide bonds. The quantitative estimate of drug-likeness (QED) is 0.570. The van der Waals surface area contributed by atoms with Crippen LogP contribution in [0.3, 0.4) is 0 Å². The predicted molar refractivity (Wildman–Crippen MR) is 82.9 cm³/mol. The Bertz CT molecular complexity index is 612. The van der Waals surface area contributed by atoms with Gasteiger partial charge in [0.25, 0.3) is 0 Å². The van der Waals surface area contributed by atoms with E-state index in [1.54, 1.807) is 24.8 Å². The SMILES string of the molecule is CSCCc1nnc(SCC(=O)Nc2cc(C)on2)n1N. The smallest absolute Gasteiger partial charge is 0.236 e. The van der Waals surface area contributed by atoms with E-state index in [-0.39, 0.29) is 11.7 Å². The summed E-state index contributed by atoms with van der Waals surface area (Å²) < 4.78 is 6.29. The fourth-order valence-corrected chi connectivity index (χ4v) is 2.57. The van der Waals surface area contributed by atoms with Crippen molar-refractivity contribution in [1.29, 1.82) is 0 Å². The molecule has 8 nitrogen and oxygen atoms in total. The molecule has 2 aromatic heterocycles. The number of nitrogens with zero attached hydrogens (tertiary/aromatic N) is 4. The summed E-state index contributed by atoms with van der Waals surface area (Å²) in [5, 5.41) is 14.8. The first-order valence-electron chi connectivity index (χ1n) is 6.14. The van der Waals surface area contributed by atoms with Crippen molar-refractivity contribution in [3.63, 3.8) is 0 Å². The Hall–Kier alpha value is -1.68. The van der Waals surface area contributed by atoms with Crippen molar-refractivity contribution in [2.75, 3.05) is 28.9 Å². The van der Waals surface area contributed by atoms with Crippen molar-refractivity contribution >= 4 is 35.2 Å². The zero-order chi connectivity index (χ0) is 15.2. The van der Waals surface area contributed by atoms with Crippen LogP contribution in [0.4, 0.5) is 5.82 Å². The molecular formula is C11H16N6O2S2. The molecule has 2 heterocycles. The maximum atomic E-state index is 11.8. The number of hydrogen-bond donors (Lipinski definition) is 2. The predicted octanol–water partition coefficient (Wildman–Crippen LogP) is 0.925. The molecule has 21 heavy (non-hydrogen) atoms. The first-order chi connectivity index (χ1) is 10.1. The number of anilines is 1. The Morgan fingerprint density at radius 2 is 2.33 bits per heavy atom. The van der Waals surface area contributed by atoms with E-state index in [2.05, 4.69) is 20.7 Å². The Labute approximate surface area is 130 Å². The number of carbonyl (C=O) groups is 1. The number of nitrogens with two attached hydrogens (primary N) is 1. The minimum absolute atomic E-state index is 0.170. The highest BCUT2D eigenvalue weighted by atomic mass is 32.2. The lowest BCUT2D eigenvalue weighted by atomic mass is 10.5. The van der Waals surface area contributed by atoms with Crippen molar-refractivity contribution < 1.29 is 9.32 Å². The topological polar surface area (TPSA) is 112 Å². The average Bonchev–Trinajstić information content (AvgIpc) is 3.01. The van der Waals surface area contributed by atoms with E-state index in [1.165, 1.54) is 16.4 Å². The van der Waals surface area contributed by atoms with Gasteiger partial charge in [0.1, 0.15) is 5.76 Å². The second-order valence-electron chi connectivity index (χ2n) is 4.17. The van der Waals surface area contributed by atoms with Gasteiger partial charge in [-0.05, 0) is 13.2 Å². The summed E-state index contributed by atoms with van der Waals surface area (Å²) >= 11 is 2.94. The van der Waals surface area contributed by atoms with Crippen LogP contribution in [0, 0.1) is 6.92 Å². The summed E-state index contributed by atoms with van der Waals surface area (Å²) in [5.41, 5.74) is 0. The fraction of sp³-hybridized carbons (Fsp3) is 0.455. The molecule has 0 atom stereocenters. The van der Waals surface area contributed by atoms with Crippen LogP contribution in [-0.4, -0.2) is 43.7 Å². The lowest BCUT2D eigenvalue weighted by molar-refractivity contribution is -0.113. The maximum absolute atomic E-state index is 11.8. The van der Waals surface area contributed by atoms with Gasteiger partial charge in [0.05, 0.1) is 5.75 Å². The van der Waals surface area contributed by atoms with Crippen LogP contribution in [0.15, 0.2) is 15.7 Å². The van der Waals surface area contributed by atoms with Gasteiger partial charge in [-0.15, -0.1) is 10.2 Å². The molecule has 0 unspecified atom stereocenters. The Balaban J connectivity index is 1.85. The molecule has 0 aliphatic rings. The van der Waals surface area contributed by atoms with Crippen molar-refractivity contribution in [3.05, 3.63) is 17.7 Å². The molecule has 0 saturated heterocycles. The van der Waals surface area contributed by atoms with Crippen LogP contribution in [-0.2, 0) is 11.2 Å². The van der Waals surface area contributed by atoms with Crippen LogP contribution >= 0.6 is 23.5 Å². The van der Waals surface area contributed by atoms with Crippen molar-refractivity contribution in [3.8, 4) is 0 Å². The van der Waals surface area contributed by atoms with E-state index in [1.807, 2.05) is 6.26 Å². The molecule has 3 N–H and O–H groups in total. The van der Waals surface area contributed by atoms with E-state index in [9.17, 15) is 4.79 Å². The molecule has 0 spiro atoms. The number of nitrogen functional groups attached to an aromatic ring is 1. The summed E-state index contributed by atoms with van der Waals surface area (Å²) in [5.74, 6) is 8.52. The lowest BCUT2D eigenvalue weighted by Gasteiger charge is -2.03. The van der Waals surface area contributed by atoms with Gasteiger partial charge in [0.15, 0.2) is 11.6 Å². The monoisotopic (exact) mass is 328 g/mol. The largest absolute Gasteiger partial charge is 0.360 e. The number of amides is 1. The molecule has 0 aliphatic carbocycles. The third kappa shape index (κ3) is 4.39. The third-order valence-electron chi connectivity index (χ3n) is 2.49. The number of aryl methyl sites for hydroxylation is 2. The van der Waals surface area contributed by atoms with Gasteiger partial charge in [-0.1, -0.05) is 16.9 Å². The summed E-state index contributed by atoms with van der Waals surface area (Å²) in [7, 11) is 0. The molecule has 0 bridgehead atoms. The van der Waals surface area contributed by atoms with Crippen LogP contribution in [0.25, 0.3) is 0 Å². The van der Waals surface area contributed by atoms with Crippen molar-refractivity contribution in [1.82, 2.24) is 20.0 Å². The summed E-state index contributed by atoms with van der Waals surface area (Å²) in [6.45, 7) is 1.75. The molecule has 0 radical (unpaired) electrons. The van der Waals surface area contributed by atoms with E-state index >= 15 is 0 Å². The number of hydrogen-bond acceptors (Lipinski definition) is 8. The van der Waals surface area contributed by atoms with Gasteiger partial charge in [-0.3, -0.25) is 4.79 Å². The minimum Gasteiger partial charge on any atom is -0.360 e. The number of carbonyl (C=O) groups excluding carboxylic acids is 1. The third-order valence-corrected chi connectivity index (χ3v) is 4.05. The molecule has 0 fully saturated rings. The second kappa shape index (κ2) is 7.36. The van der Waals surface area contributed by atoms with Gasteiger partial charge in [0, 0.05) is 18.2 Å². The van der Waals surface area contributed by atoms with Crippen LogP contribution in [0.5, 0.6) is 0 Å². The number of aromatic nitrogens is 4. The van der Waals surface area contributed by atoms with E-state index in [4.69, 9.17) is 10.4 Å².